The van der Waals surface area contributed by atoms with Gasteiger partial charge in [-0.3, -0.25) is 5.14 Å². The molecule has 5 heteroatoms. The van der Waals surface area contributed by atoms with Crippen LogP contribution in [0.2, 0.25) is 0 Å². The van der Waals surface area contributed by atoms with Crippen LogP contribution in [0.15, 0.2) is 41.3 Å². The van der Waals surface area contributed by atoms with Crippen molar-refractivity contribution in [1.29, 1.82) is 5.26 Å². The molecular formula is C18H20N4S. The number of nitriles is 1. The normalized spacial score (nSPS) is 16.6. The van der Waals surface area contributed by atoms with Gasteiger partial charge in [-0.25, -0.2) is 0 Å². The summed E-state index contributed by atoms with van der Waals surface area (Å²) in [6.07, 6.45) is 1.82. The minimum absolute atomic E-state index is 0.512. The van der Waals surface area contributed by atoms with Gasteiger partial charge < -0.3 is 9.80 Å². The third kappa shape index (κ3) is 3.67. The molecule has 23 heavy (non-hydrogen) atoms. The molecule has 1 heterocycles. The summed E-state index contributed by atoms with van der Waals surface area (Å²) in [5, 5.41) is 16.8. The van der Waals surface area contributed by atoms with E-state index in [1.807, 2.05) is 12.1 Å². The number of likely N-dealkylation sites (N-methyl/N-ethyl adjacent to an activating group) is 1. The van der Waals surface area contributed by atoms with E-state index in [1.165, 1.54) is 16.5 Å². The van der Waals surface area contributed by atoms with Crippen molar-refractivity contribution < 1.29 is 0 Å². The highest BCUT2D eigenvalue weighted by atomic mass is 32.2. The third-order valence-corrected chi connectivity index (χ3v) is 4.71. The SMILES string of the molecule is CN1CCN(c2ccc3cc(/C=C(\C#N)SN)ccc3c2)CC1. The summed E-state index contributed by atoms with van der Waals surface area (Å²) < 4.78 is 0. The fourth-order valence-electron chi connectivity index (χ4n) is 2.85. The van der Waals surface area contributed by atoms with Crippen molar-refractivity contribution in [1.82, 2.24) is 4.90 Å². The largest absolute Gasteiger partial charge is 0.369 e. The predicted octanol–water partition coefficient (Wildman–Crippen LogP) is 3.06. The first kappa shape index (κ1) is 15.9. The average molecular weight is 324 g/mol. The molecule has 1 fully saturated rings. The smallest absolute Gasteiger partial charge is 0.107 e. The van der Waals surface area contributed by atoms with Gasteiger partial charge in [0.2, 0.25) is 0 Å². The number of allylic oxidation sites excluding steroid dienone is 1. The zero-order valence-electron chi connectivity index (χ0n) is 13.2. The van der Waals surface area contributed by atoms with E-state index in [-0.39, 0.29) is 0 Å². The van der Waals surface area contributed by atoms with Gasteiger partial charge in [0.15, 0.2) is 0 Å². The van der Waals surface area contributed by atoms with Crippen LogP contribution in [0, 0.1) is 11.3 Å². The number of anilines is 1. The van der Waals surface area contributed by atoms with Gasteiger partial charge in [0.05, 0.1) is 0 Å². The fraction of sp³-hybridized carbons (Fsp3) is 0.278. The first-order valence-corrected chi connectivity index (χ1v) is 8.53. The number of piperazine rings is 1. The van der Waals surface area contributed by atoms with E-state index in [0.29, 0.717) is 4.91 Å². The highest BCUT2D eigenvalue weighted by Gasteiger charge is 2.14. The molecule has 0 aliphatic carbocycles. The van der Waals surface area contributed by atoms with Crippen LogP contribution in [-0.2, 0) is 0 Å². The molecular weight excluding hydrogens is 304 g/mol. The Hall–Kier alpha value is -2.00. The molecule has 0 atom stereocenters. The van der Waals surface area contributed by atoms with Gasteiger partial charge in [0.25, 0.3) is 0 Å². The third-order valence-electron chi connectivity index (χ3n) is 4.25. The molecule has 1 aliphatic rings. The van der Waals surface area contributed by atoms with Crippen LogP contribution in [0.1, 0.15) is 5.56 Å². The van der Waals surface area contributed by atoms with Crippen LogP contribution in [0.25, 0.3) is 16.8 Å². The molecule has 0 bridgehead atoms. The topological polar surface area (TPSA) is 56.3 Å². The van der Waals surface area contributed by atoms with Gasteiger partial charge in [-0.15, -0.1) is 0 Å². The Bertz CT molecular complexity index is 770. The summed E-state index contributed by atoms with van der Waals surface area (Å²) in [6.45, 7) is 4.36. The standard InChI is InChI=1S/C18H20N4S/c1-21-6-8-22(9-7-21)17-5-4-15-10-14(2-3-16(15)12-17)11-18(13-19)23-20/h2-5,10-12H,6-9,20H2,1H3/b18-11+. The lowest BCUT2D eigenvalue weighted by Crippen LogP contribution is -2.44. The number of benzene rings is 2. The van der Waals surface area contributed by atoms with E-state index >= 15 is 0 Å². The maximum absolute atomic E-state index is 8.97. The summed E-state index contributed by atoms with van der Waals surface area (Å²) in [6, 6.07) is 14.9. The summed E-state index contributed by atoms with van der Waals surface area (Å²) in [7, 11) is 2.17. The summed E-state index contributed by atoms with van der Waals surface area (Å²) in [5.41, 5.74) is 2.28. The lowest BCUT2D eigenvalue weighted by Gasteiger charge is -2.34. The molecule has 2 aromatic carbocycles. The minimum Gasteiger partial charge on any atom is -0.369 e. The highest BCUT2D eigenvalue weighted by molar-refractivity contribution is 8.01. The second kappa shape index (κ2) is 7.05. The summed E-state index contributed by atoms with van der Waals surface area (Å²) in [5.74, 6) is 0. The molecule has 1 saturated heterocycles. The number of fused-ring (bicyclic) bond motifs is 1. The second-order valence-electron chi connectivity index (χ2n) is 5.82. The summed E-state index contributed by atoms with van der Waals surface area (Å²) in [4.78, 5) is 5.31. The number of nitrogens with zero attached hydrogens (tertiary/aromatic N) is 3. The molecule has 0 saturated carbocycles. The van der Waals surface area contributed by atoms with Crippen LogP contribution in [-0.4, -0.2) is 38.1 Å². The molecule has 0 radical (unpaired) electrons. The number of hydrogen-bond acceptors (Lipinski definition) is 5. The van der Waals surface area contributed by atoms with Crippen molar-refractivity contribution in [3.63, 3.8) is 0 Å². The van der Waals surface area contributed by atoms with Gasteiger partial charge in [-0.2, -0.15) is 5.26 Å². The van der Waals surface area contributed by atoms with Gasteiger partial charge in [-0.05, 0) is 59.6 Å². The maximum Gasteiger partial charge on any atom is 0.107 e. The first-order chi connectivity index (χ1) is 11.2. The average Bonchev–Trinajstić information content (AvgIpc) is 2.60. The Morgan fingerprint density at radius 2 is 1.83 bits per heavy atom. The predicted molar refractivity (Wildman–Crippen MR) is 99.0 cm³/mol. The summed E-state index contributed by atoms with van der Waals surface area (Å²) >= 11 is 0.981. The monoisotopic (exact) mass is 324 g/mol. The lowest BCUT2D eigenvalue weighted by molar-refractivity contribution is 0.313. The van der Waals surface area contributed by atoms with Crippen molar-refractivity contribution in [3.8, 4) is 6.07 Å². The Morgan fingerprint density at radius 3 is 2.52 bits per heavy atom. The van der Waals surface area contributed by atoms with E-state index in [1.54, 1.807) is 0 Å². The molecule has 1 aliphatic heterocycles. The van der Waals surface area contributed by atoms with Gasteiger partial charge >= 0.3 is 0 Å². The Kier molecular flexibility index (Phi) is 4.87. The zero-order valence-corrected chi connectivity index (χ0v) is 14.0. The van der Waals surface area contributed by atoms with E-state index in [0.717, 1.165) is 43.7 Å². The second-order valence-corrected chi connectivity index (χ2v) is 6.49. The van der Waals surface area contributed by atoms with Crippen LogP contribution in [0.4, 0.5) is 5.69 Å². The zero-order chi connectivity index (χ0) is 16.2. The van der Waals surface area contributed by atoms with Crippen LogP contribution >= 0.6 is 11.9 Å². The van der Waals surface area contributed by atoms with Gasteiger partial charge in [-0.1, -0.05) is 18.2 Å². The van der Waals surface area contributed by atoms with E-state index < -0.39 is 0 Å². The van der Waals surface area contributed by atoms with Crippen LogP contribution < -0.4 is 10.0 Å². The van der Waals surface area contributed by atoms with E-state index in [9.17, 15) is 0 Å². The van der Waals surface area contributed by atoms with Crippen molar-refractivity contribution >= 4 is 34.5 Å². The Balaban J connectivity index is 1.87. The van der Waals surface area contributed by atoms with Gasteiger partial charge in [0, 0.05) is 31.9 Å². The van der Waals surface area contributed by atoms with Gasteiger partial charge in [0.1, 0.15) is 11.0 Å². The van der Waals surface area contributed by atoms with Crippen LogP contribution in [0.5, 0.6) is 0 Å². The Morgan fingerprint density at radius 1 is 1.13 bits per heavy atom. The number of hydrogen-bond donors (Lipinski definition) is 1. The molecule has 0 spiro atoms. The number of nitrogens with two attached hydrogens (primary N) is 1. The van der Waals surface area contributed by atoms with Crippen LogP contribution in [0.3, 0.4) is 0 Å². The quantitative estimate of drug-likeness (QED) is 0.694. The molecule has 2 aromatic rings. The first-order valence-electron chi connectivity index (χ1n) is 7.65. The molecule has 4 nitrogen and oxygen atoms in total. The molecule has 118 valence electrons. The maximum atomic E-state index is 8.97. The molecule has 3 rings (SSSR count). The van der Waals surface area contributed by atoms with E-state index in [4.69, 9.17) is 10.4 Å². The minimum atomic E-state index is 0.512. The van der Waals surface area contributed by atoms with Crippen molar-refractivity contribution in [2.45, 2.75) is 0 Å². The van der Waals surface area contributed by atoms with Crippen molar-refractivity contribution in [3.05, 3.63) is 46.9 Å². The number of rotatable bonds is 3. The van der Waals surface area contributed by atoms with Crippen molar-refractivity contribution in [2.75, 3.05) is 38.1 Å². The highest BCUT2D eigenvalue weighted by Crippen LogP contribution is 2.25. The lowest BCUT2D eigenvalue weighted by atomic mass is 10.1. The van der Waals surface area contributed by atoms with E-state index in [2.05, 4.69) is 53.2 Å². The fourth-order valence-corrected chi connectivity index (χ4v) is 3.10. The van der Waals surface area contributed by atoms with Crippen molar-refractivity contribution in [2.24, 2.45) is 5.14 Å². The Labute approximate surface area is 141 Å². The molecule has 0 aromatic heterocycles. The molecule has 2 N–H and O–H groups in total. The molecule has 0 amide bonds. The molecule has 0 unspecified atom stereocenters.